The number of carbonyl (C=O) groups excluding carboxylic acids is 1. The highest BCUT2D eigenvalue weighted by Crippen LogP contribution is 2.29. The van der Waals surface area contributed by atoms with Crippen LogP contribution in [0.15, 0.2) is 42.5 Å². The Morgan fingerprint density at radius 3 is 2.55 bits per heavy atom. The molecule has 0 amide bonds. The van der Waals surface area contributed by atoms with Crippen LogP contribution in [0.3, 0.4) is 0 Å². The lowest BCUT2D eigenvalue weighted by molar-refractivity contribution is -0.160. The molecule has 0 radical (unpaired) electrons. The molecule has 0 aromatic heterocycles. The summed E-state index contributed by atoms with van der Waals surface area (Å²) in [7, 11) is 0. The van der Waals surface area contributed by atoms with Gasteiger partial charge in [-0.2, -0.15) is 0 Å². The van der Waals surface area contributed by atoms with Gasteiger partial charge in [0.15, 0.2) is 0 Å². The minimum Gasteiger partial charge on any atom is -0.460 e. The fourth-order valence-corrected chi connectivity index (χ4v) is 3.65. The molecule has 0 N–H and O–H groups in total. The molecular weight excluding hydrogens is 390 g/mol. The Morgan fingerprint density at radius 1 is 1.16 bits per heavy atom. The molecule has 2 aromatic rings. The first kappa shape index (κ1) is 23.3. The first-order valence-electron chi connectivity index (χ1n) is 11.0. The standard InChI is InChI=1S/C26H35NO4/c1-18-8-7-9-23(20(18)3)30-22-12-10-21(11-13-22)24-17-27(14-15-29-24)16-19(2)25(28)31-26(4,5)6/h7-13,19,24H,14-17H2,1-6H3. The molecule has 2 aromatic carbocycles. The summed E-state index contributed by atoms with van der Waals surface area (Å²) in [6.07, 6.45) is -0.0191. The molecule has 168 valence electrons. The fraction of sp³-hybridized carbons (Fsp3) is 0.500. The number of carbonyl (C=O) groups is 1. The van der Waals surface area contributed by atoms with E-state index < -0.39 is 5.60 Å². The van der Waals surface area contributed by atoms with Gasteiger partial charge in [0.1, 0.15) is 17.1 Å². The van der Waals surface area contributed by atoms with Crippen LogP contribution in [-0.2, 0) is 14.3 Å². The van der Waals surface area contributed by atoms with Gasteiger partial charge >= 0.3 is 5.97 Å². The largest absolute Gasteiger partial charge is 0.460 e. The number of ether oxygens (including phenoxy) is 3. The Labute approximate surface area is 186 Å². The summed E-state index contributed by atoms with van der Waals surface area (Å²) in [6.45, 7) is 14.7. The van der Waals surface area contributed by atoms with Gasteiger partial charge < -0.3 is 14.2 Å². The summed E-state index contributed by atoms with van der Waals surface area (Å²) in [5.41, 5.74) is 3.02. The molecule has 5 heteroatoms. The third-order valence-electron chi connectivity index (χ3n) is 5.53. The Hall–Kier alpha value is -2.37. The molecular formula is C26H35NO4. The van der Waals surface area contributed by atoms with Crippen LogP contribution in [0.4, 0.5) is 0 Å². The fourth-order valence-electron chi connectivity index (χ4n) is 3.65. The lowest BCUT2D eigenvalue weighted by Gasteiger charge is -2.34. The molecule has 3 rings (SSSR count). The van der Waals surface area contributed by atoms with Crippen molar-refractivity contribution < 1.29 is 19.0 Å². The SMILES string of the molecule is Cc1cccc(Oc2ccc(C3CN(CC(C)C(=O)OC(C)(C)C)CCO3)cc2)c1C. The quantitative estimate of drug-likeness (QED) is 0.576. The van der Waals surface area contributed by atoms with Crippen LogP contribution in [0.25, 0.3) is 0 Å². The maximum Gasteiger partial charge on any atom is 0.310 e. The molecule has 1 heterocycles. The third-order valence-corrected chi connectivity index (χ3v) is 5.53. The molecule has 1 saturated heterocycles. The first-order chi connectivity index (χ1) is 14.6. The van der Waals surface area contributed by atoms with Crippen molar-refractivity contribution >= 4 is 5.97 Å². The molecule has 1 aliphatic heterocycles. The molecule has 0 aliphatic carbocycles. The van der Waals surface area contributed by atoms with Gasteiger partial charge in [0.2, 0.25) is 0 Å². The lowest BCUT2D eigenvalue weighted by atomic mass is 10.1. The van der Waals surface area contributed by atoms with E-state index in [1.54, 1.807) is 0 Å². The van der Waals surface area contributed by atoms with E-state index in [1.807, 2.05) is 52.0 Å². The van der Waals surface area contributed by atoms with Crippen molar-refractivity contribution in [3.8, 4) is 11.5 Å². The smallest absolute Gasteiger partial charge is 0.310 e. The number of esters is 1. The van der Waals surface area contributed by atoms with Crippen LogP contribution in [0.2, 0.25) is 0 Å². The van der Waals surface area contributed by atoms with Crippen molar-refractivity contribution in [3.63, 3.8) is 0 Å². The second kappa shape index (κ2) is 9.84. The van der Waals surface area contributed by atoms with E-state index in [4.69, 9.17) is 14.2 Å². The lowest BCUT2D eigenvalue weighted by Crippen LogP contribution is -2.42. The molecule has 5 nitrogen and oxygen atoms in total. The van der Waals surface area contributed by atoms with Crippen molar-refractivity contribution in [2.75, 3.05) is 26.2 Å². The van der Waals surface area contributed by atoms with Gasteiger partial charge in [-0.3, -0.25) is 9.69 Å². The predicted molar refractivity (Wildman–Crippen MR) is 123 cm³/mol. The summed E-state index contributed by atoms with van der Waals surface area (Å²) in [4.78, 5) is 14.6. The Kier molecular flexibility index (Phi) is 7.39. The molecule has 1 aliphatic rings. The van der Waals surface area contributed by atoms with Crippen molar-refractivity contribution in [1.82, 2.24) is 4.90 Å². The summed E-state index contributed by atoms with van der Waals surface area (Å²) in [6, 6.07) is 14.2. The zero-order valence-corrected chi connectivity index (χ0v) is 19.6. The minimum absolute atomic E-state index is 0.0191. The van der Waals surface area contributed by atoms with Gasteiger partial charge in [0, 0.05) is 19.6 Å². The average molecular weight is 426 g/mol. The van der Waals surface area contributed by atoms with E-state index in [2.05, 4.69) is 36.9 Å². The summed E-state index contributed by atoms with van der Waals surface area (Å²) in [5.74, 6) is 1.36. The number of rotatable bonds is 6. The predicted octanol–water partition coefficient (Wildman–Crippen LogP) is 5.45. The first-order valence-corrected chi connectivity index (χ1v) is 11.0. The molecule has 2 atom stereocenters. The van der Waals surface area contributed by atoms with E-state index in [0.717, 1.165) is 35.7 Å². The zero-order valence-electron chi connectivity index (χ0n) is 19.6. The van der Waals surface area contributed by atoms with E-state index in [-0.39, 0.29) is 18.0 Å². The highest BCUT2D eigenvalue weighted by atomic mass is 16.6. The van der Waals surface area contributed by atoms with Gasteiger partial charge in [-0.25, -0.2) is 0 Å². The van der Waals surface area contributed by atoms with Crippen molar-refractivity contribution in [2.45, 2.75) is 53.2 Å². The van der Waals surface area contributed by atoms with E-state index in [1.165, 1.54) is 5.56 Å². The van der Waals surface area contributed by atoms with Crippen LogP contribution in [0, 0.1) is 19.8 Å². The van der Waals surface area contributed by atoms with Crippen LogP contribution < -0.4 is 4.74 Å². The van der Waals surface area contributed by atoms with Crippen LogP contribution >= 0.6 is 0 Å². The normalized spacial score (nSPS) is 18.5. The topological polar surface area (TPSA) is 48.0 Å². The summed E-state index contributed by atoms with van der Waals surface area (Å²) < 4.78 is 17.6. The second-order valence-corrected chi connectivity index (χ2v) is 9.42. The monoisotopic (exact) mass is 425 g/mol. The van der Waals surface area contributed by atoms with Crippen molar-refractivity contribution in [1.29, 1.82) is 0 Å². The van der Waals surface area contributed by atoms with Gasteiger partial charge in [0.05, 0.1) is 18.6 Å². The number of aryl methyl sites for hydroxylation is 1. The second-order valence-electron chi connectivity index (χ2n) is 9.42. The van der Waals surface area contributed by atoms with Gasteiger partial charge in [-0.15, -0.1) is 0 Å². The minimum atomic E-state index is -0.459. The number of hydrogen-bond acceptors (Lipinski definition) is 5. The van der Waals surface area contributed by atoms with E-state index in [0.29, 0.717) is 13.2 Å². The number of benzene rings is 2. The highest BCUT2D eigenvalue weighted by Gasteiger charge is 2.27. The molecule has 0 saturated carbocycles. The summed E-state index contributed by atoms with van der Waals surface area (Å²) >= 11 is 0. The Morgan fingerprint density at radius 2 is 1.87 bits per heavy atom. The van der Waals surface area contributed by atoms with Gasteiger partial charge in [-0.05, 0) is 69.5 Å². The molecule has 31 heavy (non-hydrogen) atoms. The third kappa shape index (κ3) is 6.55. The number of morpholine rings is 1. The van der Waals surface area contributed by atoms with E-state index in [9.17, 15) is 4.79 Å². The van der Waals surface area contributed by atoms with Gasteiger partial charge in [-0.1, -0.05) is 31.2 Å². The highest BCUT2D eigenvalue weighted by molar-refractivity contribution is 5.72. The van der Waals surface area contributed by atoms with E-state index >= 15 is 0 Å². The van der Waals surface area contributed by atoms with Crippen LogP contribution in [-0.4, -0.2) is 42.7 Å². The summed E-state index contributed by atoms with van der Waals surface area (Å²) in [5, 5.41) is 0. The molecule has 0 spiro atoms. The van der Waals surface area contributed by atoms with Crippen molar-refractivity contribution in [3.05, 3.63) is 59.2 Å². The Bertz CT molecular complexity index is 885. The van der Waals surface area contributed by atoms with Crippen LogP contribution in [0.1, 0.15) is 50.5 Å². The number of hydrogen-bond donors (Lipinski definition) is 0. The van der Waals surface area contributed by atoms with Crippen molar-refractivity contribution in [2.24, 2.45) is 5.92 Å². The number of nitrogens with zero attached hydrogens (tertiary/aromatic N) is 1. The van der Waals surface area contributed by atoms with Crippen LogP contribution in [0.5, 0.6) is 11.5 Å². The average Bonchev–Trinajstić information content (AvgIpc) is 2.71. The molecule has 2 unspecified atom stereocenters. The molecule has 1 fully saturated rings. The molecule has 0 bridgehead atoms. The zero-order chi connectivity index (χ0) is 22.6. The Balaban J connectivity index is 1.59. The maximum atomic E-state index is 12.3. The maximum absolute atomic E-state index is 12.3. The van der Waals surface area contributed by atoms with Gasteiger partial charge in [0.25, 0.3) is 0 Å².